The highest BCUT2D eigenvalue weighted by Crippen LogP contribution is 2.26. The maximum Gasteiger partial charge on any atom is 0.443 e. The van der Waals surface area contributed by atoms with Gasteiger partial charge >= 0.3 is 6.18 Å². The Morgan fingerprint density at radius 1 is 1.13 bits per heavy atom. The molecule has 0 amide bonds. The van der Waals surface area contributed by atoms with E-state index in [4.69, 9.17) is 0 Å². The van der Waals surface area contributed by atoms with Gasteiger partial charge in [-0.25, -0.2) is 4.39 Å². The summed E-state index contributed by atoms with van der Waals surface area (Å²) < 4.78 is 47.6. The van der Waals surface area contributed by atoms with Crippen LogP contribution in [-0.2, 0) is 0 Å². The van der Waals surface area contributed by atoms with Gasteiger partial charge in [-0.15, -0.1) is 0 Å². The second-order valence-electron chi connectivity index (χ2n) is 2.72. The molecule has 0 fully saturated rings. The first-order chi connectivity index (χ1) is 6.91. The second-order valence-corrected chi connectivity index (χ2v) is 2.72. The van der Waals surface area contributed by atoms with Gasteiger partial charge < -0.3 is 0 Å². The van der Waals surface area contributed by atoms with Crippen molar-refractivity contribution >= 4 is 5.78 Å². The lowest BCUT2D eigenvalue weighted by atomic mass is 10.1. The van der Waals surface area contributed by atoms with Gasteiger partial charge in [0.25, 0.3) is 0 Å². The quantitative estimate of drug-likeness (QED) is 0.423. The molecule has 0 aliphatic carbocycles. The molecule has 0 N–H and O–H groups in total. The van der Waals surface area contributed by atoms with Crippen LogP contribution in [0.5, 0.6) is 0 Å². The number of halogens is 4. The number of allylic oxidation sites excluding steroid dienone is 2. The van der Waals surface area contributed by atoms with Crippen molar-refractivity contribution in [1.29, 1.82) is 0 Å². The van der Waals surface area contributed by atoms with Gasteiger partial charge in [-0.1, -0.05) is 30.3 Å². The summed E-state index contributed by atoms with van der Waals surface area (Å²) in [5.41, 5.74) is 0.0110. The average molecular weight is 218 g/mol. The fourth-order valence-corrected chi connectivity index (χ4v) is 0.883. The second kappa shape index (κ2) is 4.25. The third-order valence-electron chi connectivity index (χ3n) is 1.59. The first-order valence-electron chi connectivity index (χ1n) is 3.95. The van der Waals surface area contributed by atoms with Crippen LogP contribution in [0.25, 0.3) is 0 Å². The van der Waals surface area contributed by atoms with Crippen LogP contribution < -0.4 is 0 Å². The first kappa shape index (κ1) is 11.4. The summed E-state index contributed by atoms with van der Waals surface area (Å²) in [6.45, 7) is 0. The zero-order chi connectivity index (χ0) is 11.5. The number of alkyl halides is 3. The normalized spacial score (nSPS) is 12.7. The number of hydrogen-bond donors (Lipinski definition) is 0. The first-order valence-corrected chi connectivity index (χ1v) is 3.95. The lowest BCUT2D eigenvalue weighted by Crippen LogP contribution is -2.10. The largest absolute Gasteiger partial charge is 0.443 e. The highest BCUT2D eigenvalue weighted by atomic mass is 19.4. The van der Waals surface area contributed by atoms with E-state index in [9.17, 15) is 22.4 Å². The number of carbonyl (C=O) groups excluding carboxylic acids is 1. The van der Waals surface area contributed by atoms with Crippen LogP contribution in [0.3, 0.4) is 0 Å². The predicted octanol–water partition coefficient (Wildman–Crippen LogP) is 3.29. The van der Waals surface area contributed by atoms with Crippen LogP contribution in [0.15, 0.2) is 42.2 Å². The van der Waals surface area contributed by atoms with E-state index in [0.717, 1.165) is 0 Å². The van der Waals surface area contributed by atoms with Gasteiger partial charge in [0, 0.05) is 11.6 Å². The summed E-state index contributed by atoms with van der Waals surface area (Å²) >= 11 is 0. The SMILES string of the molecule is O=C(/C=C(\F)C(F)(F)F)c1ccccc1. The maximum absolute atomic E-state index is 12.4. The highest BCUT2D eigenvalue weighted by molar-refractivity contribution is 6.04. The molecule has 0 radical (unpaired) electrons. The molecule has 0 spiro atoms. The van der Waals surface area contributed by atoms with E-state index < -0.39 is 17.8 Å². The van der Waals surface area contributed by atoms with Crippen molar-refractivity contribution in [3.63, 3.8) is 0 Å². The Bertz CT molecular complexity index is 378. The Morgan fingerprint density at radius 3 is 2.13 bits per heavy atom. The molecule has 0 bridgehead atoms. The third kappa shape index (κ3) is 3.19. The smallest absolute Gasteiger partial charge is 0.289 e. The number of ketones is 1. The van der Waals surface area contributed by atoms with Crippen molar-refractivity contribution in [2.24, 2.45) is 0 Å². The van der Waals surface area contributed by atoms with Crippen LogP contribution in [0.1, 0.15) is 10.4 Å². The highest BCUT2D eigenvalue weighted by Gasteiger charge is 2.35. The van der Waals surface area contributed by atoms with Gasteiger partial charge in [-0.2, -0.15) is 13.2 Å². The van der Waals surface area contributed by atoms with Crippen molar-refractivity contribution in [2.45, 2.75) is 6.18 Å². The minimum atomic E-state index is -5.11. The topological polar surface area (TPSA) is 17.1 Å². The number of benzene rings is 1. The Hall–Kier alpha value is -1.65. The molecule has 15 heavy (non-hydrogen) atoms. The van der Waals surface area contributed by atoms with Crippen molar-refractivity contribution in [3.8, 4) is 0 Å². The van der Waals surface area contributed by atoms with E-state index in [1.165, 1.54) is 24.3 Å². The molecule has 1 aromatic rings. The van der Waals surface area contributed by atoms with Crippen LogP contribution >= 0.6 is 0 Å². The van der Waals surface area contributed by atoms with Crippen molar-refractivity contribution in [2.75, 3.05) is 0 Å². The molecular formula is C10H6F4O. The minimum Gasteiger partial charge on any atom is -0.289 e. The molecular weight excluding hydrogens is 212 g/mol. The Labute approximate surface area is 83.0 Å². The van der Waals surface area contributed by atoms with E-state index in [-0.39, 0.29) is 11.6 Å². The lowest BCUT2D eigenvalue weighted by Gasteiger charge is -2.01. The molecule has 0 aliphatic rings. The fourth-order valence-electron chi connectivity index (χ4n) is 0.883. The van der Waals surface area contributed by atoms with E-state index in [1.807, 2.05) is 0 Å². The van der Waals surface area contributed by atoms with E-state index in [0.29, 0.717) is 0 Å². The predicted molar refractivity (Wildman–Crippen MR) is 46.0 cm³/mol. The molecule has 80 valence electrons. The molecule has 1 aromatic carbocycles. The van der Waals surface area contributed by atoms with E-state index in [2.05, 4.69) is 0 Å². The zero-order valence-corrected chi connectivity index (χ0v) is 7.38. The molecule has 1 nitrogen and oxygen atoms in total. The number of rotatable bonds is 2. The van der Waals surface area contributed by atoms with Gasteiger partial charge in [0.2, 0.25) is 5.83 Å². The maximum atomic E-state index is 12.4. The Kier molecular flexibility index (Phi) is 3.24. The van der Waals surface area contributed by atoms with Crippen LogP contribution in [-0.4, -0.2) is 12.0 Å². The molecule has 0 atom stereocenters. The van der Waals surface area contributed by atoms with Crippen LogP contribution in [0, 0.1) is 0 Å². The zero-order valence-electron chi connectivity index (χ0n) is 7.38. The molecule has 0 heterocycles. The van der Waals surface area contributed by atoms with Crippen molar-refractivity contribution in [1.82, 2.24) is 0 Å². The molecule has 0 aliphatic heterocycles. The molecule has 0 unspecified atom stereocenters. The summed E-state index contributed by atoms with van der Waals surface area (Å²) in [6.07, 6.45) is -5.17. The summed E-state index contributed by atoms with van der Waals surface area (Å²) in [7, 11) is 0. The van der Waals surface area contributed by atoms with Gasteiger partial charge in [-0.05, 0) is 0 Å². The molecule has 0 aromatic heterocycles. The summed E-state index contributed by atoms with van der Waals surface area (Å²) in [5, 5.41) is 0. The van der Waals surface area contributed by atoms with E-state index >= 15 is 0 Å². The standard InChI is InChI=1S/C10H6F4O/c11-9(10(12,13)14)6-8(15)7-4-2-1-3-5-7/h1-6H/b9-6-. The van der Waals surface area contributed by atoms with Crippen molar-refractivity contribution < 1.29 is 22.4 Å². The summed E-state index contributed by atoms with van der Waals surface area (Å²) in [6, 6.07) is 7.17. The van der Waals surface area contributed by atoms with Gasteiger partial charge in [0.1, 0.15) is 0 Å². The van der Waals surface area contributed by atoms with Crippen LogP contribution in [0.4, 0.5) is 17.6 Å². The summed E-state index contributed by atoms with van der Waals surface area (Å²) in [5.74, 6) is -3.40. The molecule has 0 saturated carbocycles. The monoisotopic (exact) mass is 218 g/mol. The minimum absolute atomic E-state index is 0.0110. The number of carbonyl (C=O) groups is 1. The third-order valence-corrected chi connectivity index (χ3v) is 1.59. The Morgan fingerprint density at radius 2 is 1.67 bits per heavy atom. The Balaban J connectivity index is 2.90. The van der Waals surface area contributed by atoms with Crippen molar-refractivity contribution in [3.05, 3.63) is 47.8 Å². The van der Waals surface area contributed by atoms with E-state index in [1.54, 1.807) is 6.07 Å². The molecule has 5 heteroatoms. The average Bonchev–Trinajstić information content (AvgIpc) is 2.17. The van der Waals surface area contributed by atoms with Gasteiger partial charge in [0.15, 0.2) is 5.78 Å². The fraction of sp³-hybridized carbons (Fsp3) is 0.100. The van der Waals surface area contributed by atoms with Gasteiger partial charge in [0.05, 0.1) is 0 Å². The summed E-state index contributed by atoms with van der Waals surface area (Å²) in [4.78, 5) is 11.1. The van der Waals surface area contributed by atoms with Gasteiger partial charge in [-0.3, -0.25) is 4.79 Å². The van der Waals surface area contributed by atoms with Crippen LogP contribution in [0.2, 0.25) is 0 Å². The molecule has 0 saturated heterocycles. The lowest BCUT2D eigenvalue weighted by molar-refractivity contribution is -0.108. The molecule has 1 rings (SSSR count). The number of hydrogen-bond acceptors (Lipinski definition) is 1.